The van der Waals surface area contributed by atoms with Crippen LogP contribution in [0.3, 0.4) is 0 Å². The van der Waals surface area contributed by atoms with E-state index in [-0.39, 0.29) is 5.41 Å². The van der Waals surface area contributed by atoms with Crippen LogP contribution in [0.2, 0.25) is 0 Å². The molecule has 0 aromatic heterocycles. The zero-order valence-electron chi connectivity index (χ0n) is 14.9. The number of allylic oxidation sites excluding steroid dienone is 2. The molecule has 1 heterocycles. The SMILES string of the molecule is CC1CC[C@H]2C(=CCCC2(C)C)[C@@]1(C)CCC1=CC(=O)OC1O. The van der Waals surface area contributed by atoms with Crippen LogP contribution in [-0.2, 0) is 9.53 Å². The van der Waals surface area contributed by atoms with Gasteiger partial charge in [-0.15, -0.1) is 0 Å². The predicted molar refractivity (Wildman–Crippen MR) is 90.5 cm³/mol. The quantitative estimate of drug-likeness (QED) is 0.621. The van der Waals surface area contributed by atoms with E-state index in [1.807, 2.05) is 0 Å². The molecule has 1 fully saturated rings. The molecule has 0 bridgehead atoms. The van der Waals surface area contributed by atoms with E-state index >= 15 is 0 Å². The first-order valence-electron chi connectivity index (χ1n) is 9.04. The average Bonchev–Trinajstić information content (AvgIpc) is 2.79. The van der Waals surface area contributed by atoms with Crippen molar-refractivity contribution in [3.05, 3.63) is 23.3 Å². The van der Waals surface area contributed by atoms with E-state index in [1.54, 1.807) is 5.57 Å². The summed E-state index contributed by atoms with van der Waals surface area (Å²) in [6, 6.07) is 0. The molecule has 2 unspecified atom stereocenters. The fraction of sp³-hybridized carbons (Fsp3) is 0.750. The number of rotatable bonds is 3. The van der Waals surface area contributed by atoms with Crippen LogP contribution in [0.25, 0.3) is 0 Å². The summed E-state index contributed by atoms with van der Waals surface area (Å²) in [6.45, 7) is 9.58. The summed E-state index contributed by atoms with van der Waals surface area (Å²) in [5, 5.41) is 9.83. The largest absolute Gasteiger partial charge is 0.429 e. The standard InChI is InChI=1S/C20H30O3/c1-13-7-8-15-16(6-5-10-19(15,2)3)20(13,4)11-9-14-12-17(21)23-18(14)22/h6,12-13,15,18,22H,5,7-11H2,1-4H3/t13?,15-,18?,20-/m0/s1. The molecular weight excluding hydrogens is 288 g/mol. The second kappa shape index (κ2) is 5.77. The molecule has 3 aliphatic rings. The Bertz CT molecular complexity index is 557. The molecule has 0 saturated heterocycles. The van der Waals surface area contributed by atoms with E-state index in [1.165, 1.54) is 31.8 Å². The monoisotopic (exact) mass is 318 g/mol. The fourth-order valence-electron chi connectivity index (χ4n) is 4.97. The third-order valence-electron chi connectivity index (χ3n) is 6.89. The molecule has 4 atom stereocenters. The van der Waals surface area contributed by atoms with Crippen molar-refractivity contribution in [2.45, 2.75) is 72.5 Å². The van der Waals surface area contributed by atoms with Crippen molar-refractivity contribution in [3.63, 3.8) is 0 Å². The molecule has 3 nitrogen and oxygen atoms in total. The van der Waals surface area contributed by atoms with Crippen molar-refractivity contribution in [2.24, 2.45) is 22.7 Å². The van der Waals surface area contributed by atoms with Crippen molar-refractivity contribution in [2.75, 3.05) is 0 Å². The Balaban J connectivity index is 1.82. The van der Waals surface area contributed by atoms with E-state index in [4.69, 9.17) is 4.74 Å². The highest BCUT2D eigenvalue weighted by Crippen LogP contribution is 2.58. The Hall–Kier alpha value is -1.09. The molecule has 23 heavy (non-hydrogen) atoms. The lowest BCUT2D eigenvalue weighted by Crippen LogP contribution is -2.43. The van der Waals surface area contributed by atoms with Crippen LogP contribution in [0.15, 0.2) is 23.3 Å². The highest BCUT2D eigenvalue weighted by Gasteiger charge is 2.47. The Morgan fingerprint density at radius 2 is 2.04 bits per heavy atom. The van der Waals surface area contributed by atoms with E-state index in [9.17, 15) is 9.90 Å². The van der Waals surface area contributed by atoms with E-state index in [0.29, 0.717) is 17.3 Å². The Labute approximate surface area is 139 Å². The van der Waals surface area contributed by atoms with Gasteiger partial charge in [-0.2, -0.15) is 0 Å². The number of carbonyl (C=O) groups excluding carboxylic acids is 1. The predicted octanol–water partition coefficient (Wildman–Crippen LogP) is 4.37. The van der Waals surface area contributed by atoms with Gasteiger partial charge in [0.2, 0.25) is 6.29 Å². The summed E-state index contributed by atoms with van der Waals surface area (Å²) in [6.07, 6.45) is 9.65. The minimum absolute atomic E-state index is 0.160. The third-order valence-corrected chi connectivity index (χ3v) is 6.89. The molecule has 2 aliphatic carbocycles. The molecule has 0 spiro atoms. The minimum Gasteiger partial charge on any atom is -0.429 e. The van der Waals surface area contributed by atoms with Crippen molar-refractivity contribution >= 4 is 5.97 Å². The molecule has 1 aliphatic heterocycles. The van der Waals surface area contributed by atoms with Gasteiger partial charge in [0.1, 0.15) is 0 Å². The zero-order valence-corrected chi connectivity index (χ0v) is 14.9. The van der Waals surface area contributed by atoms with Gasteiger partial charge in [0.15, 0.2) is 0 Å². The zero-order chi connectivity index (χ0) is 16.8. The van der Waals surface area contributed by atoms with E-state index in [0.717, 1.165) is 18.4 Å². The Kier molecular flexibility index (Phi) is 4.20. The fourth-order valence-corrected chi connectivity index (χ4v) is 4.97. The molecule has 128 valence electrons. The topological polar surface area (TPSA) is 46.5 Å². The summed E-state index contributed by atoms with van der Waals surface area (Å²) in [5.41, 5.74) is 2.91. The van der Waals surface area contributed by atoms with Crippen LogP contribution in [-0.4, -0.2) is 17.4 Å². The van der Waals surface area contributed by atoms with Gasteiger partial charge in [-0.05, 0) is 61.2 Å². The Morgan fingerprint density at radius 3 is 2.70 bits per heavy atom. The van der Waals surface area contributed by atoms with Crippen LogP contribution < -0.4 is 0 Å². The smallest absolute Gasteiger partial charge is 0.333 e. The maximum absolute atomic E-state index is 11.3. The number of hydrogen-bond acceptors (Lipinski definition) is 3. The number of ether oxygens (including phenoxy) is 1. The van der Waals surface area contributed by atoms with Crippen LogP contribution in [0, 0.1) is 22.7 Å². The molecule has 0 aromatic carbocycles. The molecule has 3 rings (SSSR count). The maximum atomic E-state index is 11.3. The van der Waals surface area contributed by atoms with Crippen LogP contribution >= 0.6 is 0 Å². The number of carbonyl (C=O) groups is 1. The molecule has 0 aromatic rings. The van der Waals surface area contributed by atoms with Gasteiger partial charge in [-0.1, -0.05) is 39.3 Å². The van der Waals surface area contributed by atoms with Gasteiger partial charge in [-0.3, -0.25) is 0 Å². The summed E-state index contributed by atoms with van der Waals surface area (Å²) >= 11 is 0. The van der Waals surface area contributed by atoms with Crippen molar-refractivity contribution in [1.29, 1.82) is 0 Å². The molecule has 0 amide bonds. The minimum atomic E-state index is -1.03. The second-order valence-corrected chi connectivity index (χ2v) is 8.64. The number of aliphatic hydroxyl groups excluding tert-OH is 1. The van der Waals surface area contributed by atoms with E-state index < -0.39 is 12.3 Å². The highest BCUT2D eigenvalue weighted by atomic mass is 16.6. The van der Waals surface area contributed by atoms with Crippen molar-refractivity contribution in [3.8, 4) is 0 Å². The first-order chi connectivity index (χ1) is 10.7. The summed E-state index contributed by atoms with van der Waals surface area (Å²) < 4.78 is 4.82. The molecular formula is C20H30O3. The van der Waals surface area contributed by atoms with Gasteiger partial charge < -0.3 is 9.84 Å². The van der Waals surface area contributed by atoms with Gasteiger partial charge in [-0.25, -0.2) is 4.79 Å². The van der Waals surface area contributed by atoms with Gasteiger partial charge in [0.25, 0.3) is 0 Å². The lowest BCUT2D eigenvalue weighted by atomic mass is 9.52. The number of aliphatic hydroxyl groups is 1. The lowest BCUT2D eigenvalue weighted by molar-refractivity contribution is -0.151. The van der Waals surface area contributed by atoms with Gasteiger partial charge in [0.05, 0.1) is 0 Å². The average molecular weight is 318 g/mol. The summed E-state index contributed by atoms with van der Waals surface area (Å²) in [7, 11) is 0. The molecule has 3 heteroatoms. The van der Waals surface area contributed by atoms with Crippen LogP contribution in [0.1, 0.15) is 66.2 Å². The molecule has 1 N–H and O–H groups in total. The second-order valence-electron chi connectivity index (χ2n) is 8.64. The van der Waals surface area contributed by atoms with Crippen molar-refractivity contribution < 1.29 is 14.6 Å². The third kappa shape index (κ3) is 2.88. The Morgan fingerprint density at radius 1 is 1.30 bits per heavy atom. The van der Waals surface area contributed by atoms with Gasteiger partial charge >= 0.3 is 5.97 Å². The highest BCUT2D eigenvalue weighted by molar-refractivity contribution is 5.85. The van der Waals surface area contributed by atoms with E-state index in [2.05, 4.69) is 33.8 Å². The van der Waals surface area contributed by atoms with Crippen LogP contribution in [0.4, 0.5) is 0 Å². The lowest BCUT2D eigenvalue weighted by Gasteiger charge is -2.53. The maximum Gasteiger partial charge on any atom is 0.333 e. The number of esters is 1. The summed E-state index contributed by atoms with van der Waals surface area (Å²) in [4.78, 5) is 11.3. The number of cyclic esters (lactones) is 1. The van der Waals surface area contributed by atoms with Crippen LogP contribution in [0.5, 0.6) is 0 Å². The van der Waals surface area contributed by atoms with Gasteiger partial charge in [0, 0.05) is 11.6 Å². The number of hydrogen-bond donors (Lipinski definition) is 1. The molecule has 1 saturated carbocycles. The number of fused-ring (bicyclic) bond motifs is 1. The normalized spacial score (nSPS) is 39.3. The first kappa shape index (κ1) is 16.8. The molecule has 0 radical (unpaired) electrons. The van der Waals surface area contributed by atoms with Crippen molar-refractivity contribution in [1.82, 2.24) is 0 Å². The summed E-state index contributed by atoms with van der Waals surface area (Å²) in [5.74, 6) is 0.901. The first-order valence-corrected chi connectivity index (χ1v) is 9.04.